The number of aromatic amines is 1. The smallest absolute Gasteiger partial charge is 0.326 e. The summed E-state index contributed by atoms with van der Waals surface area (Å²) in [6.07, 6.45) is 8.84. The van der Waals surface area contributed by atoms with Crippen molar-refractivity contribution in [1.82, 2.24) is 14.5 Å². The fraction of sp³-hybridized carbons (Fsp3) is 0.474. The Morgan fingerprint density at radius 1 is 1.08 bits per heavy atom. The van der Waals surface area contributed by atoms with Crippen molar-refractivity contribution in [2.24, 2.45) is 5.92 Å². The number of benzene rings is 1. The first kappa shape index (κ1) is 15.2. The molecular weight excluding hydrogens is 302 g/mol. The Kier molecular flexibility index (Phi) is 4.00. The van der Waals surface area contributed by atoms with E-state index in [1.54, 1.807) is 0 Å². The summed E-state index contributed by atoms with van der Waals surface area (Å²) in [4.78, 5) is 29.9. The first-order valence-corrected chi connectivity index (χ1v) is 8.87. The van der Waals surface area contributed by atoms with Gasteiger partial charge in [0.1, 0.15) is 0 Å². The summed E-state index contributed by atoms with van der Waals surface area (Å²) >= 11 is 0. The number of carbonyl (C=O) groups is 1. The molecule has 1 N–H and O–H groups in total. The average Bonchev–Trinajstić information content (AvgIpc) is 2.98. The molecule has 1 aromatic carbocycles. The molecule has 1 aliphatic heterocycles. The van der Waals surface area contributed by atoms with Gasteiger partial charge in [0.15, 0.2) is 0 Å². The van der Waals surface area contributed by atoms with Gasteiger partial charge < -0.3 is 9.88 Å². The topological polar surface area (TPSA) is 58.1 Å². The molecule has 126 valence electrons. The molecule has 0 radical (unpaired) electrons. The molecule has 4 rings (SSSR count). The molecule has 5 nitrogen and oxygen atoms in total. The van der Waals surface area contributed by atoms with Gasteiger partial charge >= 0.3 is 5.69 Å². The second-order valence-corrected chi connectivity index (χ2v) is 6.86. The highest BCUT2D eigenvalue weighted by Crippen LogP contribution is 2.27. The zero-order valence-corrected chi connectivity index (χ0v) is 13.8. The van der Waals surface area contributed by atoms with Crippen LogP contribution in [0.2, 0.25) is 0 Å². The number of nitrogens with one attached hydrogen (secondary N) is 1. The molecule has 5 heteroatoms. The lowest BCUT2D eigenvalue weighted by molar-refractivity contribution is -0.137. The Labute approximate surface area is 141 Å². The van der Waals surface area contributed by atoms with Crippen LogP contribution in [0.15, 0.2) is 41.2 Å². The quantitative estimate of drug-likeness (QED) is 0.863. The van der Waals surface area contributed by atoms with E-state index in [0.717, 1.165) is 56.2 Å². The number of aromatic nitrogens is 2. The lowest BCUT2D eigenvalue weighted by Crippen LogP contribution is -2.43. The number of fused-ring (bicyclic) bond motifs is 1. The Bertz CT molecular complexity index is 824. The minimum absolute atomic E-state index is 0.0432. The van der Waals surface area contributed by atoms with Gasteiger partial charge in [-0.15, -0.1) is 0 Å². The summed E-state index contributed by atoms with van der Waals surface area (Å²) in [5.41, 5.74) is 1.80. The molecule has 1 fully saturated rings. The second-order valence-electron chi connectivity index (χ2n) is 6.86. The molecule has 2 aliphatic rings. The molecule has 1 saturated heterocycles. The molecule has 1 aromatic heterocycles. The van der Waals surface area contributed by atoms with E-state index in [0.29, 0.717) is 5.91 Å². The number of para-hydroxylation sites is 2. The second kappa shape index (κ2) is 6.30. The van der Waals surface area contributed by atoms with E-state index >= 15 is 0 Å². The molecule has 2 heterocycles. The highest BCUT2D eigenvalue weighted by atomic mass is 16.2. The maximum atomic E-state index is 12.6. The van der Waals surface area contributed by atoms with Crippen molar-refractivity contribution in [3.63, 3.8) is 0 Å². The van der Waals surface area contributed by atoms with Gasteiger partial charge in [0.2, 0.25) is 5.91 Å². The van der Waals surface area contributed by atoms with Crippen molar-refractivity contribution >= 4 is 16.9 Å². The van der Waals surface area contributed by atoms with E-state index in [1.807, 2.05) is 33.7 Å². The third-order valence-electron chi connectivity index (χ3n) is 5.38. The third kappa shape index (κ3) is 2.68. The van der Waals surface area contributed by atoms with Gasteiger partial charge in [-0.3, -0.25) is 9.36 Å². The standard InChI is InChI=1S/C19H23N3O2/c23-18(14-6-2-1-3-7-14)21-12-10-15(11-13-21)22-17-9-5-4-8-16(17)20-19(22)24/h1-2,4-5,8-9,14-15H,3,6-7,10-13H2,(H,20,24)/t14-/m1/s1. The zero-order chi connectivity index (χ0) is 16.5. The van der Waals surface area contributed by atoms with Crippen LogP contribution < -0.4 is 5.69 Å². The Morgan fingerprint density at radius 2 is 1.88 bits per heavy atom. The van der Waals surface area contributed by atoms with Crippen LogP contribution in [0.3, 0.4) is 0 Å². The van der Waals surface area contributed by atoms with Crippen LogP contribution in [0.1, 0.15) is 38.1 Å². The van der Waals surface area contributed by atoms with Crippen LogP contribution in [0.4, 0.5) is 0 Å². The number of hydrogen-bond acceptors (Lipinski definition) is 2. The molecule has 0 bridgehead atoms. The summed E-state index contributed by atoms with van der Waals surface area (Å²) in [7, 11) is 0. The zero-order valence-electron chi connectivity index (χ0n) is 13.8. The van der Waals surface area contributed by atoms with Gasteiger partial charge in [0.25, 0.3) is 0 Å². The van der Waals surface area contributed by atoms with Crippen LogP contribution in [0.25, 0.3) is 11.0 Å². The third-order valence-corrected chi connectivity index (χ3v) is 5.38. The first-order valence-electron chi connectivity index (χ1n) is 8.87. The minimum Gasteiger partial charge on any atom is -0.342 e. The number of nitrogens with zero attached hydrogens (tertiary/aromatic N) is 2. The monoisotopic (exact) mass is 325 g/mol. The van der Waals surface area contributed by atoms with E-state index in [1.165, 1.54) is 0 Å². The van der Waals surface area contributed by atoms with Crippen molar-refractivity contribution in [3.8, 4) is 0 Å². The number of hydrogen-bond donors (Lipinski definition) is 1. The molecule has 0 unspecified atom stereocenters. The van der Waals surface area contributed by atoms with Crippen LogP contribution in [-0.4, -0.2) is 33.4 Å². The number of imidazole rings is 1. The predicted molar refractivity (Wildman–Crippen MR) is 93.9 cm³/mol. The van der Waals surface area contributed by atoms with Gasteiger partial charge in [-0.2, -0.15) is 0 Å². The summed E-state index contributed by atoms with van der Waals surface area (Å²) in [5.74, 6) is 0.450. The molecule has 24 heavy (non-hydrogen) atoms. The van der Waals surface area contributed by atoms with Crippen LogP contribution in [0, 0.1) is 5.92 Å². The SMILES string of the molecule is O=C([C@@H]1CC=CCC1)N1CCC(n2c(=O)[nH]c3ccccc32)CC1. The molecule has 1 amide bonds. The summed E-state index contributed by atoms with van der Waals surface area (Å²) in [5, 5.41) is 0. The van der Waals surface area contributed by atoms with Gasteiger partial charge in [0, 0.05) is 25.0 Å². The fourth-order valence-corrected chi connectivity index (χ4v) is 4.06. The van der Waals surface area contributed by atoms with Gasteiger partial charge in [-0.05, 0) is 44.2 Å². The minimum atomic E-state index is -0.0432. The van der Waals surface area contributed by atoms with E-state index in [2.05, 4.69) is 17.1 Å². The lowest BCUT2D eigenvalue weighted by atomic mass is 9.92. The van der Waals surface area contributed by atoms with Crippen molar-refractivity contribution < 1.29 is 4.79 Å². The number of rotatable bonds is 2. The lowest BCUT2D eigenvalue weighted by Gasteiger charge is -2.35. The normalized spacial score (nSPS) is 22.2. The van der Waals surface area contributed by atoms with Crippen LogP contribution >= 0.6 is 0 Å². The van der Waals surface area contributed by atoms with E-state index in [-0.39, 0.29) is 17.6 Å². The molecule has 1 aliphatic carbocycles. The molecule has 0 saturated carbocycles. The molecule has 1 atom stereocenters. The van der Waals surface area contributed by atoms with Gasteiger partial charge in [-0.1, -0.05) is 24.3 Å². The molecule has 2 aromatic rings. The Hall–Kier alpha value is -2.30. The molecule has 0 spiro atoms. The van der Waals surface area contributed by atoms with Crippen LogP contribution in [-0.2, 0) is 4.79 Å². The number of allylic oxidation sites excluding steroid dienone is 2. The Balaban J connectivity index is 1.48. The van der Waals surface area contributed by atoms with E-state index in [4.69, 9.17) is 0 Å². The first-order chi connectivity index (χ1) is 11.7. The average molecular weight is 325 g/mol. The maximum Gasteiger partial charge on any atom is 0.326 e. The summed E-state index contributed by atoms with van der Waals surface area (Å²) < 4.78 is 1.88. The highest BCUT2D eigenvalue weighted by molar-refractivity contribution is 5.79. The number of amides is 1. The van der Waals surface area contributed by atoms with Crippen molar-refractivity contribution in [3.05, 3.63) is 46.9 Å². The largest absolute Gasteiger partial charge is 0.342 e. The van der Waals surface area contributed by atoms with Crippen LogP contribution in [0.5, 0.6) is 0 Å². The number of likely N-dealkylation sites (tertiary alicyclic amines) is 1. The number of carbonyl (C=O) groups excluding carboxylic acids is 1. The maximum absolute atomic E-state index is 12.6. The van der Waals surface area contributed by atoms with E-state index in [9.17, 15) is 9.59 Å². The predicted octanol–water partition coefficient (Wildman–Crippen LogP) is 2.85. The number of piperidine rings is 1. The summed E-state index contributed by atoms with van der Waals surface area (Å²) in [6, 6.07) is 7.98. The van der Waals surface area contributed by atoms with Gasteiger partial charge in [-0.25, -0.2) is 4.79 Å². The number of H-pyrrole nitrogens is 1. The van der Waals surface area contributed by atoms with Crippen molar-refractivity contribution in [2.75, 3.05) is 13.1 Å². The Morgan fingerprint density at radius 3 is 2.62 bits per heavy atom. The highest BCUT2D eigenvalue weighted by Gasteiger charge is 2.29. The van der Waals surface area contributed by atoms with Crippen molar-refractivity contribution in [2.45, 2.75) is 38.1 Å². The molecular formula is C19H23N3O2. The van der Waals surface area contributed by atoms with Crippen molar-refractivity contribution in [1.29, 1.82) is 0 Å². The van der Waals surface area contributed by atoms with Gasteiger partial charge in [0.05, 0.1) is 11.0 Å². The fourth-order valence-electron chi connectivity index (χ4n) is 4.06. The van der Waals surface area contributed by atoms with E-state index < -0.39 is 0 Å². The summed E-state index contributed by atoms with van der Waals surface area (Å²) in [6.45, 7) is 1.49.